The van der Waals surface area contributed by atoms with E-state index in [-0.39, 0.29) is 0 Å². The van der Waals surface area contributed by atoms with Gasteiger partial charge in [-0.15, -0.1) is 0 Å². The van der Waals surface area contributed by atoms with Gasteiger partial charge < -0.3 is 5.32 Å². The maximum absolute atomic E-state index is 3.54. The fourth-order valence-electron chi connectivity index (χ4n) is 3.12. The summed E-state index contributed by atoms with van der Waals surface area (Å²) in [5, 5.41) is 3.54. The van der Waals surface area contributed by atoms with Crippen molar-refractivity contribution in [2.45, 2.75) is 45.2 Å². The molecule has 0 amide bonds. The zero-order valence-corrected chi connectivity index (χ0v) is 12.1. The Morgan fingerprint density at radius 3 is 2.58 bits per heavy atom. The van der Waals surface area contributed by atoms with Crippen LogP contribution >= 0.6 is 0 Å². The van der Waals surface area contributed by atoms with E-state index >= 15 is 0 Å². The molecule has 0 aromatic heterocycles. The van der Waals surface area contributed by atoms with Gasteiger partial charge in [0.05, 0.1) is 0 Å². The Balaban J connectivity index is 1.59. The van der Waals surface area contributed by atoms with Crippen LogP contribution < -0.4 is 5.32 Å². The van der Waals surface area contributed by atoms with Gasteiger partial charge in [-0.05, 0) is 57.2 Å². The largest absolute Gasteiger partial charge is 0.316 e. The van der Waals surface area contributed by atoms with Crippen molar-refractivity contribution in [2.75, 3.05) is 19.6 Å². The van der Waals surface area contributed by atoms with Gasteiger partial charge >= 0.3 is 0 Å². The fraction of sp³-hybridized carbons (Fsp3) is 0.647. The average Bonchev–Trinajstić information content (AvgIpc) is 3.26. The lowest BCUT2D eigenvalue weighted by molar-refractivity contribution is 0.193. The first-order chi connectivity index (χ1) is 9.31. The third-order valence-corrected chi connectivity index (χ3v) is 4.46. The van der Waals surface area contributed by atoms with Gasteiger partial charge in [0.2, 0.25) is 0 Å². The van der Waals surface area contributed by atoms with Crippen LogP contribution in [0.15, 0.2) is 24.3 Å². The van der Waals surface area contributed by atoms with E-state index in [9.17, 15) is 0 Å². The molecule has 2 fully saturated rings. The van der Waals surface area contributed by atoms with Gasteiger partial charge in [-0.3, -0.25) is 4.90 Å². The summed E-state index contributed by atoms with van der Waals surface area (Å²) in [5.41, 5.74) is 2.83. The number of hydrogen-bond donors (Lipinski definition) is 1. The van der Waals surface area contributed by atoms with Crippen LogP contribution in [0, 0.1) is 12.8 Å². The quantitative estimate of drug-likeness (QED) is 0.873. The first kappa shape index (κ1) is 13.1. The number of nitrogens with one attached hydrogen (secondary N) is 1. The number of piperidine rings is 1. The van der Waals surface area contributed by atoms with Crippen LogP contribution in [0.4, 0.5) is 0 Å². The van der Waals surface area contributed by atoms with Crippen LogP contribution in [0.3, 0.4) is 0 Å². The fourth-order valence-corrected chi connectivity index (χ4v) is 3.12. The maximum Gasteiger partial charge on any atom is 0.0236 e. The summed E-state index contributed by atoms with van der Waals surface area (Å²) in [6.07, 6.45) is 5.58. The van der Waals surface area contributed by atoms with Crippen LogP contribution in [0.25, 0.3) is 0 Å². The maximum atomic E-state index is 3.54. The highest BCUT2D eigenvalue weighted by Gasteiger charge is 2.30. The highest BCUT2D eigenvalue weighted by Crippen LogP contribution is 2.30. The summed E-state index contributed by atoms with van der Waals surface area (Å²) in [6.45, 7) is 7.03. The second-order valence-corrected chi connectivity index (χ2v) is 6.36. The van der Waals surface area contributed by atoms with Crippen molar-refractivity contribution in [1.82, 2.24) is 10.2 Å². The van der Waals surface area contributed by atoms with Crippen LogP contribution in [0.5, 0.6) is 0 Å². The summed E-state index contributed by atoms with van der Waals surface area (Å²) in [6, 6.07) is 9.93. The molecular weight excluding hydrogens is 232 g/mol. The van der Waals surface area contributed by atoms with E-state index in [2.05, 4.69) is 41.4 Å². The Bertz CT molecular complexity index is 388. The summed E-state index contributed by atoms with van der Waals surface area (Å²) in [7, 11) is 0. The van der Waals surface area contributed by atoms with Crippen LogP contribution in [-0.2, 0) is 6.54 Å². The van der Waals surface area contributed by atoms with Crippen molar-refractivity contribution < 1.29 is 0 Å². The second kappa shape index (κ2) is 6.06. The van der Waals surface area contributed by atoms with E-state index in [1.54, 1.807) is 0 Å². The van der Waals surface area contributed by atoms with Gasteiger partial charge in [-0.1, -0.05) is 29.8 Å². The minimum absolute atomic E-state index is 0.861. The third-order valence-electron chi connectivity index (χ3n) is 4.46. The molecule has 1 atom stereocenters. The zero-order valence-electron chi connectivity index (χ0n) is 12.1. The van der Waals surface area contributed by atoms with Gasteiger partial charge in [0.25, 0.3) is 0 Å². The van der Waals surface area contributed by atoms with Crippen LogP contribution in [-0.4, -0.2) is 30.6 Å². The van der Waals surface area contributed by atoms with Crippen LogP contribution in [0.2, 0.25) is 0 Å². The molecule has 1 unspecified atom stereocenters. The summed E-state index contributed by atoms with van der Waals surface area (Å²) < 4.78 is 0. The van der Waals surface area contributed by atoms with E-state index in [0.717, 1.165) is 18.5 Å². The van der Waals surface area contributed by atoms with E-state index in [0.29, 0.717) is 0 Å². The molecule has 1 aromatic rings. The predicted octanol–water partition coefficient (Wildman–Crippen LogP) is 2.96. The van der Waals surface area contributed by atoms with Gasteiger partial charge in [0, 0.05) is 19.1 Å². The standard InChI is InChI=1S/C17H26N2/c1-14-4-6-15(7-5-14)12-19(17-8-9-17)13-16-3-2-10-18-11-16/h4-7,16-18H,2-3,8-13H2,1H3. The topological polar surface area (TPSA) is 15.3 Å². The summed E-state index contributed by atoms with van der Waals surface area (Å²) in [4.78, 5) is 2.72. The summed E-state index contributed by atoms with van der Waals surface area (Å²) >= 11 is 0. The third kappa shape index (κ3) is 3.80. The molecule has 1 saturated carbocycles. The molecule has 3 rings (SSSR count). The lowest BCUT2D eigenvalue weighted by Crippen LogP contribution is -2.39. The number of rotatable bonds is 5. The van der Waals surface area contributed by atoms with Gasteiger partial charge in [0.1, 0.15) is 0 Å². The first-order valence-electron chi connectivity index (χ1n) is 7.81. The molecule has 0 bridgehead atoms. The number of nitrogens with zero attached hydrogens (tertiary/aromatic N) is 1. The molecule has 2 aliphatic rings. The number of aryl methyl sites for hydroxylation is 1. The Kier molecular flexibility index (Phi) is 4.19. The summed E-state index contributed by atoms with van der Waals surface area (Å²) in [5.74, 6) is 0.861. The Labute approximate surface area is 117 Å². The second-order valence-electron chi connectivity index (χ2n) is 6.36. The van der Waals surface area contributed by atoms with Crippen molar-refractivity contribution in [3.05, 3.63) is 35.4 Å². The van der Waals surface area contributed by atoms with E-state index in [1.165, 1.54) is 56.4 Å². The molecule has 1 aromatic carbocycles. The predicted molar refractivity (Wildman–Crippen MR) is 80.2 cm³/mol. The molecular formula is C17H26N2. The molecule has 1 heterocycles. The molecule has 1 N–H and O–H groups in total. The average molecular weight is 258 g/mol. The van der Waals surface area contributed by atoms with Gasteiger partial charge in [-0.2, -0.15) is 0 Å². The Hall–Kier alpha value is -0.860. The molecule has 0 radical (unpaired) electrons. The van der Waals surface area contributed by atoms with Crippen molar-refractivity contribution in [3.8, 4) is 0 Å². The molecule has 104 valence electrons. The Morgan fingerprint density at radius 2 is 1.95 bits per heavy atom. The highest BCUT2D eigenvalue weighted by atomic mass is 15.2. The lowest BCUT2D eigenvalue weighted by atomic mass is 9.98. The van der Waals surface area contributed by atoms with Crippen molar-refractivity contribution >= 4 is 0 Å². The zero-order chi connectivity index (χ0) is 13.1. The van der Waals surface area contributed by atoms with E-state index < -0.39 is 0 Å². The highest BCUT2D eigenvalue weighted by molar-refractivity contribution is 5.21. The molecule has 2 heteroatoms. The molecule has 19 heavy (non-hydrogen) atoms. The molecule has 1 aliphatic heterocycles. The normalized spacial score (nSPS) is 23.8. The van der Waals surface area contributed by atoms with Crippen molar-refractivity contribution in [3.63, 3.8) is 0 Å². The first-order valence-corrected chi connectivity index (χ1v) is 7.81. The van der Waals surface area contributed by atoms with Gasteiger partial charge in [0.15, 0.2) is 0 Å². The monoisotopic (exact) mass is 258 g/mol. The van der Waals surface area contributed by atoms with E-state index in [4.69, 9.17) is 0 Å². The van der Waals surface area contributed by atoms with E-state index in [1.807, 2.05) is 0 Å². The minimum atomic E-state index is 0.861. The van der Waals surface area contributed by atoms with Crippen LogP contribution in [0.1, 0.15) is 36.8 Å². The minimum Gasteiger partial charge on any atom is -0.316 e. The van der Waals surface area contributed by atoms with Gasteiger partial charge in [-0.25, -0.2) is 0 Å². The SMILES string of the molecule is Cc1ccc(CN(CC2CCCNC2)C2CC2)cc1. The molecule has 0 spiro atoms. The van der Waals surface area contributed by atoms with Crippen molar-refractivity contribution in [2.24, 2.45) is 5.92 Å². The Morgan fingerprint density at radius 1 is 1.16 bits per heavy atom. The number of hydrogen-bond acceptors (Lipinski definition) is 2. The molecule has 1 saturated heterocycles. The lowest BCUT2D eigenvalue weighted by Gasteiger charge is -2.30. The van der Waals surface area contributed by atoms with Crippen molar-refractivity contribution in [1.29, 1.82) is 0 Å². The number of benzene rings is 1. The smallest absolute Gasteiger partial charge is 0.0236 e. The molecule has 2 nitrogen and oxygen atoms in total. The molecule has 1 aliphatic carbocycles.